The van der Waals surface area contributed by atoms with Crippen molar-refractivity contribution < 1.29 is 9.53 Å². The number of halogens is 1. The molecule has 0 radical (unpaired) electrons. The molecule has 2 aromatic rings. The molecule has 0 aliphatic carbocycles. The lowest BCUT2D eigenvalue weighted by molar-refractivity contribution is 0.0218. The Morgan fingerprint density at radius 3 is 2.68 bits per heavy atom. The van der Waals surface area contributed by atoms with Crippen LogP contribution in [0.15, 0.2) is 10.3 Å². The Morgan fingerprint density at radius 1 is 1.39 bits per heavy atom. The Bertz CT molecular complexity index is 936. The summed E-state index contributed by atoms with van der Waals surface area (Å²) in [6.07, 6.45) is -0.343. The van der Waals surface area contributed by atoms with Gasteiger partial charge in [0.05, 0.1) is 16.1 Å². The molecule has 1 N–H and O–H groups in total. The zero-order chi connectivity index (χ0) is 20.6. The second kappa shape index (κ2) is 7.71. The maximum atomic E-state index is 12.4. The van der Waals surface area contributed by atoms with Gasteiger partial charge in [0.15, 0.2) is 11.6 Å². The van der Waals surface area contributed by atoms with E-state index in [0.29, 0.717) is 31.3 Å². The van der Waals surface area contributed by atoms with Crippen molar-refractivity contribution in [2.24, 2.45) is 0 Å². The zero-order valence-corrected chi connectivity index (χ0v) is 18.1. The number of aromatic amines is 1. The van der Waals surface area contributed by atoms with Crippen LogP contribution in [0.5, 0.6) is 0 Å². The Labute approximate surface area is 172 Å². The minimum atomic E-state index is -0.545. The summed E-state index contributed by atoms with van der Waals surface area (Å²) >= 11 is 7.69. The molecule has 10 heteroatoms. The van der Waals surface area contributed by atoms with E-state index in [2.05, 4.69) is 15.0 Å². The molecule has 0 spiro atoms. The number of thiazole rings is 1. The highest BCUT2D eigenvalue weighted by molar-refractivity contribution is 7.13. The summed E-state index contributed by atoms with van der Waals surface area (Å²) in [6, 6.07) is -0.0801. The third kappa shape index (κ3) is 4.30. The van der Waals surface area contributed by atoms with Gasteiger partial charge < -0.3 is 19.5 Å². The summed E-state index contributed by atoms with van der Waals surface area (Å²) in [5.41, 5.74) is 1.57. The Balaban J connectivity index is 1.85. The largest absolute Gasteiger partial charge is 0.444 e. The van der Waals surface area contributed by atoms with Crippen LogP contribution in [-0.2, 0) is 4.74 Å². The fraction of sp³-hybridized carbons (Fsp3) is 0.556. The number of amides is 1. The van der Waals surface area contributed by atoms with Crippen LogP contribution in [0, 0.1) is 6.92 Å². The van der Waals surface area contributed by atoms with E-state index in [0.717, 1.165) is 10.6 Å². The SMILES string of the molecule is Cc1ncsc1-c1nc(N2CCN(C(=O)OC(C)(C)C)C[C@H]2C)c(Cl)c(=O)[nH]1. The molecular weight excluding hydrogens is 402 g/mol. The minimum absolute atomic E-state index is 0.0449. The van der Waals surface area contributed by atoms with Gasteiger partial charge in [-0.25, -0.2) is 14.8 Å². The predicted octanol–water partition coefficient (Wildman–Crippen LogP) is 3.30. The highest BCUT2D eigenvalue weighted by Crippen LogP contribution is 2.29. The number of anilines is 1. The van der Waals surface area contributed by atoms with Gasteiger partial charge in [0.25, 0.3) is 5.56 Å². The molecule has 0 bridgehead atoms. The molecule has 0 aromatic carbocycles. The van der Waals surface area contributed by atoms with E-state index in [1.54, 1.807) is 10.4 Å². The lowest BCUT2D eigenvalue weighted by Gasteiger charge is -2.41. The van der Waals surface area contributed by atoms with Gasteiger partial charge in [-0.1, -0.05) is 11.6 Å². The normalized spacial score (nSPS) is 17.7. The average molecular weight is 426 g/mol. The molecule has 1 aliphatic heterocycles. The molecule has 2 aromatic heterocycles. The summed E-state index contributed by atoms with van der Waals surface area (Å²) in [4.78, 5) is 40.7. The predicted molar refractivity (Wildman–Crippen MR) is 110 cm³/mol. The molecule has 152 valence electrons. The van der Waals surface area contributed by atoms with Crippen LogP contribution >= 0.6 is 22.9 Å². The fourth-order valence-corrected chi connectivity index (χ4v) is 3.98. The number of H-pyrrole nitrogens is 1. The third-order valence-electron chi connectivity index (χ3n) is 4.36. The number of ether oxygens (including phenoxy) is 1. The van der Waals surface area contributed by atoms with E-state index in [1.165, 1.54) is 11.3 Å². The molecule has 1 saturated heterocycles. The number of aryl methyl sites for hydroxylation is 1. The summed E-state index contributed by atoms with van der Waals surface area (Å²) in [5, 5.41) is 0.0449. The molecule has 1 atom stereocenters. The van der Waals surface area contributed by atoms with Crippen molar-refractivity contribution in [3.8, 4) is 10.7 Å². The summed E-state index contributed by atoms with van der Waals surface area (Å²) in [7, 11) is 0. The molecular formula is C18H24ClN5O3S. The lowest BCUT2D eigenvalue weighted by atomic mass is 10.2. The van der Waals surface area contributed by atoms with E-state index in [4.69, 9.17) is 16.3 Å². The second-order valence-corrected chi connectivity index (χ2v) is 9.02. The minimum Gasteiger partial charge on any atom is -0.444 e. The number of nitrogens with one attached hydrogen (secondary N) is 1. The van der Waals surface area contributed by atoms with Gasteiger partial charge in [-0.05, 0) is 34.6 Å². The van der Waals surface area contributed by atoms with E-state index < -0.39 is 11.2 Å². The number of nitrogens with zero attached hydrogens (tertiary/aromatic N) is 4. The van der Waals surface area contributed by atoms with Crippen molar-refractivity contribution in [1.29, 1.82) is 0 Å². The van der Waals surface area contributed by atoms with Gasteiger partial charge in [-0.15, -0.1) is 11.3 Å². The van der Waals surface area contributed by atoms with Crippen molar-refractivity contribution in [3.63, 3.8) is 0 Å². The molecule has 1 amide bonds. The van der Waals surface area contributed by atoms with Crippen LogP contribution < -0.4 is 10.5 Å². The maximum absolute atomic E-state index is 12.4. The summed E-state index contributed by atoms with van der Waals surface area (Å²) in [5.74, 6) is 0.871. The van der Waals surface area contributed by atoms with Gasteiger partial charge >= 0.3 is 6.09 Å². The second-order valence-electron chi connectivity index (χ2n) is 7.79. The third-order valence-corrected chi connectivity index (χ3v) is 5.63. The number of carbonyl (C=O) groups is 1. The first-order valence-corrected chi connectivity index (χ1v) is 10.3. The molecule has 0 saturated carbocycles. The monoisotopic (exact) mass is 425 g/mol. The van der Waals surface area contributed by atoms with E-state index in [9.17, 15) is 9.59 Å². The Kier molecular flexibility index (Phi) is 5.67. The highest BCUT2D eigenvalue weighted by Gasteiger charge is 2.32. The van der Waals surface area contributed by atoms with Crippen LogP contribution in [0.25, 0.3) is 10.7 Å². The maximum Gasteiger partial charge on any atom is 0.410 e. The number of rotatable bonds is 2. The number of hydrogen-bond acceptors (Lipinski definition) is 7. The highest BCUT2D eigenvalue weighted by atomic mass is 35.5. The van der Waals surface area contributed by atoms with Crippen molar-refractivity contribution in [1.82, 2.24) is 19.9 Å². The van der Waals surface area contributed by atoms with E-state index >= 15 is 0 Å². The first-order chi connectivity index (χ1) is 13.1. The quantitative estimate of drug-likeness (QED) is 0.793. The van der Waals surface area contributed by atoms with Gasteiger partial charge in [-0.2, -0.15) is 0 Å². The molecule has 1 fully saturated rings. The smallest absolute Gasteiger partial charge is 0.410 e. The van der Waals surface area contributed by atoms with Crippen LogP contribution in [0.1, 0.15) is 33.4 Å². The van der Waals surface area contributed by atoms with Gasteiger partial charge in [0.2, 0.25) is 0 Å². The van der Waals surface area contributed by atoms with Gasteiger partial charge in [0, 0.05) is 25.7 Å². The van der Waals surface area contributed by atoms with Gasteiger partial charge in [0.1, 0.15) is 10.6 Å². The van der Waals surface area contributed by atoms with Crippen LogP contribution in [0.3, 0.4) is 0 Å². The average Bonchev–Trinajstić information content (AvgIpc) is 3.02. The van der Waals surface area contributed by atoms with Crippen molar-refractivity contribution in [2.75, 3.05) is 24.5 Å². The fourth-order valence-electron chi connectivity index (χ4n) is 3.04. The first-order valence-electron chi connectivity index (χ1n) is 9.01. The first kappa shape index (κ1) is 20.6. The summed E-state index contributed by atoms with van der Waals surface area (Å²) in [6.45, 7) is 10.8. The number of hydrogen-bond donors (Lipinski definition) is 1. The number of carbonyl (C=O) groups excluding carboxylic acids is 1. The van der Waals surface area contributed by atoms with Crippen molar-refractivity contribution in [2.45, 2.75) is 46.3 Å². The van der Waals surface area contributed by atoms with Crippen LogP contribution in [0.2, 0.25) is 5.02 Å². The van der Waals surface area contributed by atoms with E-state index in [1.807, 2.05) is 39.5 Å². The topological polar surface area (TPSA) is 91.4 Å². The lowest BCUT2D eigenvalue weighted by Crippen LogP contribution is -2.55. The molecule has 0 unspecified atom stereocenters. The molecule has 3 heterocycles. The molecule has 28 heavy (non-hydrogen) atoms. The van der Waals surface area contributed by atoms with Crippen molar-refractivity contribution >= 4 is 34.8 Å². The Hall–Kier alpha value is -2.13. The van der Waals surface area contributed by atoms with Gasteiger partial charge in [-0.3, -0.25) is 4.79 Å². The number of aromatic nitrogens is 3. The van der Waals surface area contributed by atoms with Crippen LogP contribution in [-0.4, -0.2) is 57.2 Å². The molecule has 8 nitrogen and oxygen atoms in total. The standard InChI is InChI=1S/C18H24ClN5O3S/c1-10-8-23(17(26)27-18(3,4)5)6-7-24(10)15-12(19)16(25)22-14(21-15)13-11(2)20-9-28-13/h9-10H,6-8H2,1-5H3,(H,21,22,25)/t10-/m1/s1. The molecule has 1 aliphatic rings. The van der Waals surface area contributed by atoms with Crippen LogP contribution in [0.4, 0.5) is 10.6 Å². The summed E-state index contributed by atoms with van der Waals surface area (Å²) < 4.78 is 5.46. The molecule has 3 rings (SSSR count). The zero-order valence-electron chi connectivity index (χ0n) is 16.6. The Morgan fingerprint density at radius 2 is 2.11 bits per heavy atom. The number of piperazine rings is 1. The van der Waals surface area contributed by atoms with Crippen molar-refractivity contribution in [3.05, 3.63) is 26.6 Å². The van der Waals surface area contributed by atoms with E-state index in [-0.39, 0.29) is 17.2 Å².